The average molecular weight is 307 g/mol. The van der Waals surface area contributed by atoms with Crippen molar-refractivity contribution < 1.29 is 9.90 Å². The molecule has 21 heavy (non-hydrogen) atoms. The topological polar surface area (TPSA) is 83.4 Å². The van der Waals surface area contributed by atoms with Crippen molar-refractivity contribution in [2.75, 3.05) is 11.9 Å². The molecule has 2 amide bonds. The number of thiophene rings is 1. The van der Waals surface area contributed by atoms with Crippen molar-refractivity contribution in [2.45, 2.75) is 12.5 Å². The van der Waals surface area contributed by atoms with Gasteiger partial charge in [0, 0.05) is 19.3 Å². The van der Waals surface area contributed by atoms with Crippen LogP contribution in [0.3, 0.4) is 0 Å². The maximum absolute atomic E-state index is 11.8. The van der Waals surface area contributed by atoms with Crippen LogP contribution in [0.15, 0.2) is 40.0 Å². The quantitative estimate of drug-likeness (QED) is 0.800. The molecule has 6 nitrogen and oxygen atoms in total. The van der Waals surface area contributed by atoms with Gasteiger partial charge in [-0.15, -0.1) is 0 Å². The van der Waals surface area contributed by atoms with Crippen LogP contribution in [0, 0.1) is 0 Å². The molecule has 2 rings (SSSR count). The first-order valence-electron chi connectivity index (χ1n) is 6.35. The highest BCUT2D eigenvalue weighted by Gasteiger charge is 2.24. The predicted molar refractivity (Wildman–Crippen MR) is 82.6 cm³/mol. The lowest BCUT2D eigenvalue weighted by Crippen LogP contribution is -2.40. The van der Waals surface area contributed by atoms with Gasteiger partial charge in [-0.1, -0.05) is 0 Å². The predicted octanol–water partition coefficient (Wildman–Crippen LogP) is 1.48. The number of hydrogen-bond donors (Lipinski definition) is 3. The maximum Gasteiger partial charge on any atom is 0.319 e. The molecule has 2 heterocycles. The number of pyridine rings is 1. The standard InChI is InChI=1S/C14H17N3O3S/c1-14(20,10-5-6-21-8-10)9-15-13(19)16-11-3-4-12(18)17(2)7-11/h3-8,20H,9H2,1-2H3,(H2,15,16,19). The normalized spacial score (nSPS) is 13.5. The molecule has 3 N–H and O–H groups in total. The van der Waals surface area contributed by atoms with E-state index in [0.717, 1.165) is 5.56 Å². The van der Waals surface area contributed by atoms with E-state index in [1.54, 1.807) is 14.0 Å². The fourth-order valence-electron chi connectivity index (χ4n) is 1.77. The van der Waals surface area contributed by atoms with E-state index in [0.29, 0.717) is 5.69 Å². The molecule has 0 fully saturated rings. The minimum absolute atomic E-state index is 0.0847. The Hall–Kier alpha value is -2.12. The van der Waals surface area contributed by atoms with Crippen LogP contribution in [0.25, 0.3) is 0 Å². The summed E-state index contributed by atoms with van der Waals surface area (Å²) < 4.78 is 1.37. The minimum Gasteiger partial charge on any atom is -0.384 e. The smallest absolute Gasteiger partial charge is 0.319 e. The van der Waals surface area contributed by atoms with Crippen LogP contribution in [-0.4, -0.2) is 22.2 Å². The van der Waals surface area contributed by atoms with Gasteiger partial charge in [0.25, 0.3) is 0 Å². The van der Waals surface area contributed by atoms with Gasteiger partial charge < -0.3 is 20.3 Å². The SMILES string of the molecule is Cn1cc(NC(=O)NCC(C)(O)c2ccsc2)ccc1=O. The number of urea groups is 1. The first-order chi connectivity index (χ1) is 9.88. The summed E-state index contributed by atoms with van der Waals surface area (Å²) in [5, 5.41) is 19.2. The lowest BCUT2D eigenvalue weighted by atomic mass is 9.99. The van der Waals surface area contributed by atoms with Gasteiger partial charge in [-0.25, -0.2) is 4.79 Å². The van der Waals surface area contributed by atoms with E-state index in [-0.39, 0.29) is 12.1 Å². The molecule has 2 aromatic heterocycles. The van der Waals surface area contributed by atoms with Gasteiger partial charge in [0.2, 0.25) is 5.56 Å². The molecule has 0 saturated heterocycles. The van der Waals surface area contributed by atoms with Crippen LogP contribution in [0.1, 0.15) is 12.5 Å². The summed E-state index contributed by atoms with van der Waals surface area (Å²) in [7, 11) is 1.60. The van der Waals surface area contributed by atoms with Crippen molar-refractivity contribution >= 4 is 23.1 Å². The highest BCUT2D eigenvalue weighted by Crippen LogP contribution is 2.21. The van der Waals surface area contributed by atoms with Crippen LogP contribution in [0.5, 0.6) is 0 Å². The Balaban J connectivity index is 1.93. The molecule has 7 heteroatoms. The summed E-state index contributed by atoms with van der Waals surface area (Å²) >= 11 is 1.49. The first-order valence-corrected chi connectivity index (χ1v) is 7.29. The zero-order chi connectivity index (χ0) is 15.5. The van der Waals surface area contributed by atoms with Crippen LogP contribution in [-0.2, 0) is 12.6 Å². The monoisotopic (exact) mass is 307 g/mol. The fraction of sp³-hybridized carbons (Fsp3) is 0.286. The minimum atomic E-state index is -1.12. The van der Waals surface area contributed by atoms with E-state index in [1.165, 1.54) is 34.2 Å². The number of aryl methyl sites for hydroxylation is 1. The summed E-state index contributed by atoms with van der Waals surface area (Å²) in [5.74, 6) is 0. The Labute approximate surface area is 126 Å². The third kappa shape index (κ3) is 3.93. The zero-order valence-corrected chi connectivity index (χ0v) is 12.6. The van der Waals surface area contributed by atoms with E-state index in [9.17, 15) is 14.7 Å². The van der Waals surface area contributed by atoms with Gasteiger partial charge in [-0.3, -0.25) is 4.79 Å². The van der Waals surface area contributed by atoms with Crippen molar-refractivity contribution in [3.8, 4) is 0 Å². The molecule has 0 aliphatic carbocycles. The van der Waals surface area contributed by atoms with Gasteiger partial charge in [0.1, 0.15) is 5.60 Å². The van der Waals surface area contributed by atoms with E-state index >= 15 is 0 Å². The molecule has 0 spiro atoms. The fourth-order valence-corrected chi connectivity index (χ4v) is 2.55. The van der Waals surface area contributed by atoms with Crippen molar-refractivity contribution in [1.29, 1.82) is 0 Å². The molecule has 1 atom stereocenters. The van der Waals surface area contributed by atoms with Crippen molar-refractivity contribution in [1.82, 2.24) is 9.88 Å². The molecule has 0 aromatic carbocycles. The average Bonchev–Trinajstić information content (AvgIpc) is 2.96. The van der Waals surface area contributed by atoms with E-state index in [4.69, 9.17) is 0 Å². The Morgan fingerprint density at radius 3 is 2.81 bits per heavy atom. The second-order valence-corrected chi connectivity index (χ2v) is 5.74. The second kappa shape index (κ2) is 6.11. The van der Waals surface area contributed by atoms with Crippen molar-refractivity contribution in [2.24, 2.45) is 7.05 Å². The molecular weight excluding hydrogens is 290 g/mol. The Morgan fingerprint density at radius 1 is 1.43 bits per heavy atom. The molecule has 0 radical (unpaired) electrons. The summed E-state index contributed by atoms with van der Waals surface area (Å²) in [5.41, 5.74) is -0.0121. The molecule has 0 saturated carbocycles. The molecule has 0 aliphatic heterocycles. The van der Waals surface area contributed by atoms with E-state index in [1.807, 2.05) is 16.8 Å². The number of aliphatic hydroxyl groups is 1. The number of amides is 2. The molecular formula is C14H17N3O3S. The van der Waals surface area contributed by atoms with Gasteiger partial charge in [-0.05, 0) is 35.4 Å². The second-order valence-electron chi connectivity index (χ2n) is 4.96. The number of aromatic nitrogens is 1. The van der Waals surface area contributed by atoms with Gasteiger partial charge in [-0.2, -0.15) is 11.3 Å². The molecule has 112 valence electrons. The summed E-state index contributed by atoms with van der Waals surface area (Å²) in [6, 6.07) is 4.27. The lowest BCUT2D eigenvalue weighted by molar-refractivity contribution is 0.0604. The third-order valence-corrected chi connectivity index (χ3v) is 3.76. The number of nitrogens with one attached hydrogen (secondary N) is 2. The number of hydrogen-bond acceptors (Lipinski definition) is 4. The third-order valence-electron chi connectivity index (χ3n) is 3.08. The molecule has 0 bridgehead atoms. The summed E-state index contributed by atoms with van der Waals surface area (Å²) in [4.78, 5) is 23.1. The Kier molecular flexibility index (Phi) is 4.44. The largest absolute Gasteiger partial charge is 0.384 e. The number of nitrogens with zero attached hydrogens (tertiary/aromatic N) is 1. The van der Waals surface area contributed by atoms with Gasteiger partial charge >= 0.3 is 6.03 Å². The Morgan fingerprint density at radius 2 is 2.19 bits per heavy atom. The summed E-state index contributed by atoms with van der Waals surface area (Å²) in [6.07, 6.45) is 1.53. The van der Waals surface area contributed by atoms with Crippen molar-refractivity contribution in [3.63, 3.8) is 0 Å². The molecule has 2 aromatic rings. The van der Waals surface area contributed by atoms with Gasteiger partial charge in [0.15, 0.2) is 0 Å². The zero-order valence-electron chi connectivity index (χ0n) is 11.8. The van der Waals surface area contributed by atoms with Crippen LogP contribution < -0.4 is 16.2 Å². The molecule has 0 aliphatic rings. The maximum atomic E-state index is 11.8. The van der Waals surface area contributed by atoms with Crippen LogP contribution in [0.2, 0.25) is 0 Å². The number of rotatable bonds is 4. The number of anilines is 1. The van der Waals surface area contributed by atoms with Crippen molar-refractivity contribution in [3.05, 3.63) is 51.1 Å². The van der Waals surface area contributed by atoms with E-state index < -0.39 is 11.6 Å². The van der Waals surface area contributed by atoms with E-state index in [2.05, 4.69) is 10.6 Å². The lowest BCUT2D eigenvalue weighted by Gasteiger charge is -2.22. The molecule has 1 unspecified atom stereocenters. The first kappa shape index (κ1) is 15.3. The number of carbonyl (C=O) groups excluding carboxylic acids is 1. The highest BCUT2D eigenvalue weighted by atomic mass is 32.1. The van der Waals surface area contributed by atoms with Crippen LogP contribution in [0.4, 0.5) is 10.5 Å². The summed E-state index contributed by atoms with van der Waals surface area (Å²) in [6.45, 7) is 1.73. The highest BCUT2D eigenvalue weighted by molar-refractivity contribution is 7.08. The Bertz CT molecular complexity index is 677. The number of carbonyl (C=O) groups is 1. The van der Waals surface area contributed by atoms with Crippen LogP contribution >= 0.6 is 11.3 Å². The van der Waals surface area contributed by atoms with Gasteiger partial charge in [0.05, 0.1) is 12.2 Å².